The summed E-state index contributed by atoms with van der Waals surface area (Å²) in [6.07, 6.45) is 0.280. The van der Waals surface area contributed by atoms with Crippen LogP contribution >= 0.6 is 0 Å². The molecule has 1 aliphatic rings. The topological polar surface area (TPSA) is 436 Å². The minimum absolute atomic E-state index is 0.0165. The van der Waals surface area contributed by atoms with Crippen LogP contribution in [0.5, 0.6) is 5.75 Å². The number of amides is 9. The molecule has 0 aliphatic carbocycles. The highest BCUT2D eigenvalue weighted by atomic mass is 16.3. The Morgan fingerprint density at radius 1 is 0.647 bits per heavy atom. The molecule has 4 aromatic carbocycles. The Labute approximate surface area is 493 Å². The van der Waals surface area contributed by atoms with E-state index in [1.54, 1.807) is 26.0 Å². The van der Waals surface area contributed by atoms with E-state index < -0.39 is 108 Å². The molecule has 19 N–H and O–H groups in total. The van der Waals surface area contributed by atoms with Crippen LogP contribution in [0.15, 0.2) is 101 Å². The monoisotopic (exact) mass is 1180 g/mol. The number of hydrogen-bond acceptors (Lipinski definition) is 14. The molecule has 458 valence electrons. The number of carbonyl (C=O) groups is 9. The molecule has 26 nitrogen and oxygen atoms in total. The highest BCUT2D eigenvalue weighted by molar-refractivity contribution is 6.08. The Morgan fingerprint density at radius 3 is 1.91 bits per heavy atom. The van der Waals surface area contributed by atoms with Crippen molar-refractivity contribution in [1.29, 1.82) is 0 Å². The van der Waals surface area contributed by atoms with Gasteiger partial charge in [-0.1, -0.05) is 92.7 Å². The highest BCUT2D eigenvalue weighted by Gasteiger charge is 2.39. The minimum atomic E-state index is -1.54. The molecule has 0 unspecified atom stereocenters. The molecule has 26 heteroatoms. The van der Waals surface area contributed by atoms with Crippen molar-refractivity contribution < 1.29 is 53.4 Å². The van der Waals surface area contributed by atoms with Gasteiger partial charge in [-0.05, 0) is 104 Å². The summed E-state index contributed by atoms with van der Waals surface area (Å²) in [6, 6.07) is 18.0. The summed E-state index contributed by atoms with van der Waals surface area (Å²) >= 11 is 0. The number of urea groups is 1. The van der Waals surface area contributed by atoms with Crippen LogP contribution in [0, 0.1) is 5.92 Å². The van der Waals surface area contributed by atoms with E-state index in [2.05, 4.69) is 41.9 Å². The number of hydrogen-bond donors (Lipinski definition) is 14. The van der Waals surface area contributed by atoms with Gasteiger partial charge in [0.1, 0.15) is 36.0 Å². The fraction of sp³-hybridized carbons (Fsp3) is 0.441. The van der Waals surface area contributed by atoms with Gasteiger partial charge >= 0.3 is 6.03 Å². The average molecular weight is 1180 g/mol. The second-order valence-electron chi connectivity index (χ2n) is 21.3. The maximum atomic E-state index is 14.7. The standard InChI is InChI=1S/C59H81N15O11/c1-34(2)29-44(53(81)69-43(20-11-26-66-58(63)64)56(84)74-28-12-21-47(74)49(77)32-50(78)73-55(83)46(33-75)71-51(79)35(3)60)70-52(80)42(19-10-25-65-57(61)62)68-54(82)45(72-59(85)67-27-24-36-13-5-4-6-14-36)31-37-22-23-48(76)41(30-37)40-18-9-16-38-15-7-8-17-39(38)40/h4-9,13-18,22-23,30,34-35,42-47,75-76H,10-12,19-21,24-29,31-33,60H2,1-3H3,(H,68,82)(H,69,81)(H,70,80)(H,71,79)(H4,61,62,65)(H4,63,64,66)(H2,67,72,85)(H,73,78,83)/t35-,42+,43-,44-,45-,46-,47-/m0/s1. The minimum Gasteiger partial charge on any atom is -0.507 e. The number of guanidine groups is 2. The van der Waals surface area contributed by atoms with Crippen molar-refractivity contribution in [3.8, 4) is 16.9 Å². The molecule has 1 saturated heterocycles. The third kappa shape index (κ3) is 21.2. The number of aliphatic hydroxyl groups excluding tert-OH is 1. The summed E-state index contributed by atoms with van der Waals surface area (Å²) in [5, 5.41) is 40.8. The third-order valence-electron chi connectivity index (χ3n) is 14.0. The second-order valence-corrected chi connectivity index (χ2v) is 21.3. The number of nitrogens with zero attached hydrogens (tertiary/aromatic N) is 3. The number of ketones is 1. The first kappa shape index (κ1) is 66.6. The number of phenols is 1. The first-order chi connectivity index (χ1) is 40.5. The summed E-state index contributed by atoms with van der Waals surface area (Å²) in [6.45, 7) is 4.47. The number of fused-ring (bicyclic) bond motifs is 1. The van der Waals surface area contributed by atoms with Crippen LogP contribution in [0.3, 0.4) is 0 Å². The summed E-state index contributed by atoms with van der Waals surface area (Å²) < 4.78 is 0. The maximum absolute atomic E-state index is 14.7. The number of aromatic hydroxyl groups is 1. The van der Waals surface area contributed by atoms with Crippen molar-refractivity contribution >= 4 is 75.9 Å². The van der Waals surface area contributed by atoms with Gasteiger partial charge in [-0.15, -0.1) is 0 Å². The van der Waals surface area contributed by atoms with Gasteiger partial charge in [-0.25, -0.2) is 4.79 Å². The summed E-state index contributed by atoms with van der Waals surface area (Å²) in [7, 11) is 0. The van der Waals surface area contributed by atoms with Gasteiger partial charge in [0, 0.05) is 38.2 Å². The fourth-order valence-corrected chi connectivity index (χ4v) is 9.67. The Bertz CT molecular complexity index is 3030. The van der Waals surface area contributed by atoms with E-state index in [0.29, 0.717) is 24.0 Å². The van der Waals surface area contributed by atoms with Crippen LogP contribution in [0.25, 0.3) is 21.9 Å². The molecule has 1 heterocycles. The number of imide groups is 1. The number of phenolic OH excluding ortho intramolecular Hbond substituents is 1. The van der Waals surface area contributed by atoms with Crippen LogP contribution in [0.4, 0.5) is 4.79 Å². The SMILES string of the molecule is CC(C)C[C@H](NC(=O)[C@@H](CCCN=C(N)N)NC(=O)[C@H](Cc1ccc(O)c(-c2cccc3ccccc23)c1)NC(=O)NCCc1ccccc1)C(=O)N[C@@H](CCCN=C(N)N)C(=O)N1CCC[C@H]1C(=O)CC(=O)NC(=O)[C@H](CO)NC(=O)[C@H](C)N. The first-order valence-electron chi connectivity index (χ1n) is 28.3. The van der Waals surface area contributed by atoms with Crippen LogP contribution < -0.4 is 65.9 Å². The zero-order chi connectivity index (χ0) is 62.2. The predicted octanol–water partition coefficient (Wildman–Crippen LogP) is -0.310. The molecule has 9 amide bonds. The maximum Gasteiger partial charge on any atom is 0.315 e. The molecule has 0 spiro atoms. The van der Waals surface area contributed by atoms with Crippen molar-refractivity contribution in [2.75, 3.05) is 32.8 Å². The number of carbonyl (C=O) groups excluding carboxylic acids is 9. The van der Waals surface area contributed by atoms with Gasteiger partial charge in [-0.2, -0.15) is 0 Å². The number of nitrogens with two attached hydrogens (primary N) is 5. The van der Waals surface area contributed by atoms with Crippen molar-refractivity contribution in [3.63, 3.8) is 0 Å². The molecular formula is C59H81N15O11. The number of aliphatic imine (C=N–C) groups is 2. The molecule has 5 rings (SSSR count). The smallest absolute Gasteiger partial charge is 0.315 e. The average Bonchev–Trinajstić information content (AvgIpc) is 2.89. The normalized spacial score (nSPS) is 14.9. The van der Waals surface area contributed by atoms with Gasteiger partial charge in [0.2, 0.25) is 35.4 Å². The molecule has 0 radical (unpaired) electrons. The van der Waals surface area contributed by atoms with Crippen molar-refractivity contribution in [3.05, 3.63) is 102 Å². The molecule has 1 aliphatic heterocycles. The lowest BCUT2D eigenvalue weighted by Crippen LogP contribution is -2.59. The molecule has 85 heavy (non-hydrogen) atoms. The Morgan fingerprint density at radius 2 is 1.25 bits per heavy atom. The molecule has 0 aromatic heterocycles. The molecule has 1 fully saturated rings. The summed E-state index contributed by atoms with van der Waals surface area (Å²) in [5.41, 5.74) is 30.6. The van der Waals surface area contributed by atoms with Crippen LogP contribution in [0.1, 0.15) is 83.3 Å². The summed E-state index contributed by atoms with van der Waals surface area (Å²) in [4.78, 5) is 133. The zero-order valence-electron chi connectivity index (χ0n) is 48.2. The molecule has 7 atom stereocenters. The molecule has 0 bridgehead atoms. The number of aliphatic hydroxyl groups is 1. The van der Waals surface area contributed by atoms with E-state index in [4.69, 9.17) is 28.7 Å². The lowest BCUT2D eigenvalue weighted by Gasteiger charge is -2.30. The lowest BCUT2D eigenvalue weighted by atomic mass is 9.94. The van der Waals surface area contributed by atoms with Crippen molar-refractivity contribution in [2.24, 2.45) is 44.6 Å². The number of nitrogens with one attached hydrogen (secondary N) is 7. The fourth-order valence-electron chi connectivity index (χ4n) is 9.67. The molecular weight excluding hydrogens is 1090 g/mol. The first-order valence-corrected chi connectivity index (χ1v) is 28.3. The summed E-state index contributed by atoms with van der Waals surface area (Å²) in [5.74, 6) is -7.36. The van der Waals surface area contributed by atoms with E-state index in [1.807, 2.05) is 78.1 Å². The van der Waals surface area contributed by atoms with E-state index in [0.717, 1.165) is 21.9 Å². The van der Waals surface area contributed by atoms with Crippen molar-refractivity contribution in [1.82, 2.24) is 42.1 Å². The Hall–Kier alpha value is -9.17. The Kier molecular flexibility index (Phi) is 26.0. The third-order valence-corrected chi connectivity index (χ3v) is 14.0. The largest absolute Gasteiger partial charge is 0.507 e. The number of Topliss-reactive ketones (excluding diaryl/α,β-unsaturated/α-hetero) is 1. The van der Waals surface area contributed by atoms with Gasteiger partial charge in [0.05, 0.1) is 25.1 Å². The zero-order valence-corrected chi connectivity index (χ0v) is 48.2. The second kappa shape index (κ2) is 33.2. The lowest BCUT2D eigenvalue weighted by molar-refractivity contribution is -0.143. The predicted molar refractivity (Wildman–Crippen MR) is 320 cm³/mol. The van der Waals surface area contributed by atoms with Gasteiger partial charge < -0.3 is 75.7 Å². The molecule has 4 aromatic rings. The number of benzene rings is 4. The van der Waals surface area contributed by atoms with E-state index in [1.165, 1.54) is 17.9 Å². The van der Waals surface area contributed by atoms with E-state index in [-0.39, 0.29) is 94.7 Å². The van der Waals surface area contributed by atoms with Crippen LogP contribution in [-0.4, -0.2) is 155 Å². The van der Waals surface area contributed by atoms with E-state index >= 15 is 0 Å². The van der Waals surface area contributed by atoms with Gasteiger partial charge in [0.25, 0.3) is 5.91 Å². The number of rotatable bonds is 31. The van der Waals surface area contributed by atoms with Crippen LogP contribution in [0.2, 0.25) is 0 Å². The molecule has 0 saturated carbocycles. The Balaban J connectivity index is 1.39. The highest BCUT2D eigenvalue weighted by Crippen LogP contribution is 2.35. The number of likely N-dealkylation sites (tertiary alicyclic amines) is 1. The van der Waals surface area contributed by atoms with Crippen LogP contribution in [-0.2, 0) is 51.2 Å². The quantitative estimate of drug-likeness (QED) is 0.0133. The van der Waals surface area contributed by atoms with Gasteiger partial charge in [-0.3, -0.25) is 53.7 Å². The van der Waals surface area contributed by atoms with E-state index in [9.17, 15) is 53.4 Å². The van der Waals surface area contributed by atoms with Crippen molar-refractivity contribution in [2.45, 2.75) is 127 Å². The van der Waals surface area contributed by atoms with Gasteiger partial charge in [0.15, 0.2) is 17.7 Å².